The predicted octanol–water partition coefficient (Wildman–Crippen LogP) is 3.09. The van der Waals surface area contributed by atoms with E-state index in [9.17, 15) is 4.79 Å². The lowest BCUT2D eigenvalue weighted by Gasteiger charge is -1.96. The molecule has 0 aliphatic carbocycles. The van der Waals surface area contributed by atoms with E-state index in [2.05, 4.69) is 5.16 Å². The van der Waals surface area contributed by atoms with Gasteiger partial charge in [0.2, 0.25) is 5.76 Å². The number of carboxylic acid groups (broad SMARTS) is 1. The van der Waals surface area contributed by atoms with Gasteiger partial charge in [0, 0.05) is 17.0 Å². The summed E-state index contributed by atoms with van der Waals surface area (Å²) >= 11 is 0. The lowest BCUT2D eigenvalue weighted by molar-refractivity contribution is 0.0652. The van der Waals surface area contributed by atoms with Gasteiger partial charge < -0.3 is 14.0 Å². The lowest BCUT2D eigenvalue weighted by atomic mass is 10.1. The Morgan fingerprint density at radius 3 is 2.89 bits per heavy atom. The van der Waals surface area contributed by atoms with Gasteiger partial charge in [0.15, 0.2) is 0 Å². The van der Waals surface area contributed by atoms with Crippen molar-refractivity contribution in [3.63, 3.8) is 0 Å². The molecule has 0 saturated carbocycles. The Morgan fingerprint density at radius 1 is 1.33 bits per heavy atom. The summed E-state index contributed by atoms with van der Waals surface area (Å²) in [4.78, 5) is 10.8. The number of benzene rings is 1. The molecule has 0 spiro atoms. The smallest absolute Gasteiger partial charge is 0.374 e. The number of carbonyl (C=O) groups is 1. The van der Waals surface area contributed by atoms with Crippen molar-refractivity contribution in [2.75, 3.05) is 0 Å². The highest BCUT2D eigenvalue weighted by Gasteiger charge is 2.15. The first-order valence-corrected chi connectivity index (χ1v) is 5.35. The molecular weight excluding hydrogens is 234 g/mol. The molecule has 0 aliphatic rings. The van der Waals surface area contributed by atoms with Crippen LogP contribution >= 0.6 is 0 Å². The van der Waals surface area contributed by atoms with Gasteiger partial charge in [-0.25, -0.2) is 4.79 Å². The molecule has 0 atom stereocenters. The Morgan fingerprint density at radius 2 is 2.17 bits per heavy atom. The standard InChI is InChI=1S/C13H9NO4/c1-7-5-9-8(3-2-4-11(9)17-7)10-6-12(13(15)16)18-14-10/h2-6H,1H3,(H,15,16). The summed E-state index contributed by atoms with van der Waals surface area (Å²) in [6, 6.07) is 8.82. The summed E-state index contributed by atoms with van der Waals surface area (Å²) in [5.41, 5.74) is 2.02. The minimum atomic E-state index is -1.13. The van der Waals surface area contributed by atoms with E-state index >= 15 is 0 Å². The van der Waals surface area contributed by atoms with Gasteiger partial charge in [0.1, 0.15) is 17.0 Å². The van der Waals surface area contributed by atoms with Crippen LogP contribution in [0.1, 0.15) is 16.3 Å². The molecule has 0 radical (unpaired) electrons. The van der Waals surface area contributed by atoms with Crippen molar-refractivity contribution in [1.82, 2.24) is 5.16 Å². The normalized spacial score (nSPS) is 10.9. The fourth-order valence-electron chi connectivity index (χ4n) is 1.91. The number of rotatable bonds is 2. The molecule has 5 heteroatoms. The first-order chi connectivity index (χ1) is 8.65. The van der Waals surface area contributed by atoms with Crippen molar-refractivity contribution in [2.24, 2.45) is 0 Å². The maximum absolute atomic E-state index is 10.8. The Balaban J connectivity index is 2.21. The number of carboxylic acids is 1. The van der Waals surface area contributed by atoms with Crippen molar-refractivity contribution in [3.8, 4) is 11.3 Å². The Labute approximate surface area is 102 Å². The van der Waals surface area contributed by atoms with Crippen LogP contribution in [0.25, 0.3) is 22.2 Å². The molecule has 2 aromatic heterocycles. The quantitative estimate of drug-likeness (QED) is 0.748. The number of nitrogens with zero attached hydrogens (tertiary/aromatic N) is 1. The van der Waals surface area contributed by atoms with E-state index in [0.717, 1.165) is 22.3 Å². The summed E-state index contributed by atoms with van der Waals surface area (Å²) < 4.78 is 10.3. The summed E-state index contributed by atoms with van der Waals surface area (Å²) in [7, 11) is 0. The van der Waals surface area contributed by atoms with E-state index in [4.69, 9.17) is 14.0 Å². The molecule has 1 aromatic carbocycles. The lowest BCUT2D eigenvalue weighted by Crippen LogP contribution is -1.91. The molecule has 3 aromatic rings. The van der Waals surface area contributed by atoms with Crippen LogP contribution in [0, 0.1) is 6.92 Å². The molecule has 0 bridgehead atoms. The number of hydrogen-bond acceptors (Lipinski definition) is 4. The van der Waals surface area contributed by atoms with Crippen LogP contribution in [0.2, 0.25) is 0 Å². The van der Waals surface area contributed by atoms with Crippen molar-refractivity contribution >= 4 is 16.9 Å². The number of fused-ring (bicyclic) bond motifs is 1. The Bertz CT molecular complexity index is 738. The third-order valence-electron chi connectivity index (χ3n) is 2.68. The van der Waals surface area contributed by atoms with Gasteiger partial charge in [0.25, 0.3) is 0 Å². The van der Waals surface area contributed by atoms with Gasteiger partial charge in [-0.2, -0.15) is 0 Å². The first-order valence-electron chi connectivity index (χ1n) is 5.35. The number of aromatic nitrogens is 1. The molecule has 90 valence electrons. The maximum Gasteiger partial charge on any atom is 0.374 e. The zero-order chi connectivity index (χ0) is 12.7. The third-order valence-corrected chi connectivity index (χ3v) is 2.68. The van der Waals surface area contributed by atoms with Gasteiger partial charge in [-0.15, -0.1) is 0 Å². The van der Waals surface area contributed by atoms with E-state index < -0.39 is 5.97 Å². The molecule has 0 saturated heterocycles. The molecule has 3 rings (SSSR count). The van der Waals surface area contributed by atoms with Crippen LogP contribution in [-0.4, -0.2) is 16.2 Å². The van der Waals surface area contributed by atoms with E-state index in [0.29, 0.717) is 5.69 Å². The Kier molecular flexibility index (Phi) is 2.19. The minimum Gasteiger partial charge on any atom is -0.475 e. The van der Waals surface area contributed by atoms with Gasteiger partial charge in [-0.3, -0.25) is 0 Å². The van der Waals surface area contributed by atoms with Crippen LogP contribution in [0.15, 0.2) is 39.3 Å². The summed E-state index contributed by atoms with van der Waals surface area (Å²) in [6.07, 6.45) is 0. The van der Waals surface area contributed by atoms with Crippen LogP contribution in [0.3, 0.4) is 0 Å². The van der Waals surface area contributed by atoms with Gasteiger partial charge in [-0.1, -0.05) is 17.3 Å². The second-order valence-corrected chi connectivity index (χ2v) is 3.96. The van der Waals surface area contributed by atoms with Gasteiger partial charge >= 0.3 is 5.97 Å². The van der Waals surface area contributed by atoms with E-state index in [-0.39, 0.29) is 5.76 Å². The molecule has 0 fully saturated rings. The molecule has 0 aliphatic heterocycles. The highest BCUT2D eigenvalue weighted by atomic mass is 16.5. The zero-order valence-electron chi connectivity index (χ0n) is 9.51. The molecule has 5 nitrogen and oxygen atoms in total. The Hall–Kier alpha value is -2.56. The SMILES string of the molecule is Cc1cc2c(-c3cc(C(=O)O)on3)cccc2o1. The number of aromatic carboxylic acids is 1. The van der Waals surface area contributed by atoms with Crippen molar-refractivity contribution in [1.29, 1.82) is 0 Å². The minimum absolute atomic E-state index is 0.179. The number of furan rings is 1. The van der Waals surface area contributed by atoms with Crippen molar-refractivity contribution < 1.29 is 18.8 Å². The molecule has 18 heavy (non-hydrogen) atoms. The van der Waals surface area contributed by atoms with Crippen molar-refractivity contribution in [2.45, 2.75) is 6.92 Å². The van der Waals surface area contributed by atoms with E-state index in [1.54, 1.807) is 0 Å². The molecule has 0 unspecified atom stereocenters. The highest BCUT2D eigenvalue weighted by molar-refractivity contribution is 5.94. The summed E-state index contributed by atoms with van der Waals surface area (Å²) in [6.45, 7) is 1.86. The molecular formula is C13H9NO4. The average Bonchev–Trinajstić information content (AvgIpc) is 2.92. The van der Waals surface area contributed by atoms with Crippen LogP contribution in [0.5, 0.6) is 0 Å². The topological polar surface area (TPSA) is 76.5 Å². The molecule has 0 amide bonds. The van der Waals surface area contributed by atoms with Gasteiger partial charge in [-0.05, 0) is 19.1 Å². The van der Waals surface area contributed by atoms with Crippen LogP contribution in [-0.2, 0) is 0 Å². The molecule has 2 heterocycles. The number of aryl methyl sites for hydroxylation is 1. The highest BCUT2D eigenvalue weighted by Crippen LogP contribution is 2.30. The monoisotopic (exact) mass is 243 g/mol. The van der Waals surface area contributed by atoms with Gasteiger partial charge in [0.05, 0.1) is 0 Å². The molecule has 1 N–H and O–H groups in total. The van der Waals surface area contributed by atoms with Crippen LogP contribution in [0.4, 0.5) is 0 Å². The number of hydrogen-bond donors (Lipinski definition) is 1. The fraction of sp³-hybridized carbons (Fsp3) is 0.0769. The zero-order valence-corrected chi connectivity index (χ0v) is 9.51. The summed E-state index contributed by atoms with van der Waals surface area (Å²) in [5.74, 6) is -0.522. The van der Waals surface area contributed by atoms with E-state index in [1.807, 2.05) is 31.2 Å². The maximum atomic E-state index is 10.8. The predicted molar refractivity (Wildman–Crippen MR) is 63.4 cm³/mol. The first kappa shape index (κ1) is 10.6. The second kappa shape index (κ2) is 3.73. The largest absolute Gasteiger partial charge is 0.475 e. The fourth-order valence-corrected chi connectivity index (χ4v) is 1.91. The third kappa shape index (κ3) is 1.57. The average molecular weight is 243 g/mol. The summed E-state index contributed by atoms with van der Waals surface area (Å²) in [5, 5.41) is 13.5. The van der Waals surface area contributed by atoms with Crippen molar-refractivity contribution in [3.05, 3.63) is 41.9 Å². The second-order valence-electron chi connectivity index (χ2n) is 3.96. The van der Waals surface area contributed by atoms with E-state index in [1.165, 1.54) is 6.07 Å². The van der Waals surface area contributed by atoms with Crippen LogP contribution < -0.4 is 0 Å².